The van der Waals surface area contributed by atoms with Crippen LogP contribution in [0, 0.1) is 0 Å². The van der Waals surface area contributed by atoms with Crippen LogP contribution < -0.4 is 10.2 Å². The number of anilines is 1. The van der Waals surface area contributed by atoms with Gasteiger partial charge in [0.15, 0.2) is 0 Å². The van der Waals surface area contributed by atoms with Crippen LogP contribution in [0.25, 0.3) is 0 Å². The maximum absolute atomic E-state index is 11.9. The third-order valence-corrected chi connectivity index (χ3v) is 4.87. The van der Waals surface area contributed by atoms with E-state index in [1.807, 2.05) is 38.4 Å². The number of nitrogens with one attached hydrogen (secondary N) is 1. The van der Waals surface area contributed by atoms with Gasteiger partial charge in [-0.3, -0.25) is 4.79 Å². The highest BCUT2D eigenvalue weighted by atomic mass is 79.9. The van der Waals surface area contributed by atoms with Crippen molar-refractivity contribution in [2.75, 3.05) is 24.7 Å². The zero-order chi connectivity index (χ0) is 16.7. The molecule has 122 valence electrons. The second-order valence-corrected chi connectivity index (χ2v) is 7.48. The van der Waals surface area contributed by atoms with Crippen LogP contribution in [0.1, 0.15) is 12.0 Å². The van der Waals surface area contributed by atoms with Crippen LogP contribution >= 0.6 is 27.7 Å². The van der Waals surface area contributed by atoms with Crippen molar-refractivity contribution >= 4 is 39.3 Å². The van der Waals surface area contributed by atoms with Crippen LogP contribution in [0.3, 0.4) is 0 Å². The minimum Gasteiger partial charge on any atom is -0.378 e. The van der Waals surface area contributed by atoms with E-state index in [1.165, 1.54) is 4.90 Å². The monoisotopic (exact) mass is 392 g/mol. The molecule has 0 bridgehead atoms. The highest BCUT2D eigenvalue weighted by Crippen LogP contribution is 2.21. The first-order valence-electron chi connectivity index (χ1n) is 7.46. The lowest BCUT2D eigenvalue weighted by molar-refractivity contribution is -0.120. The third-order valence-electron chi connectivity index (χ3n) is 3.33. The highest BCUT2D eigenvalue weighted by Gasteiger charge is 2.03. The predicted octanol–water partition coefficient (Wildman–Crippen LogP) is 4.31. The summed E-state index contributed by atoms with van der Waals surface area (Å²) in [5.74, 6) is 0.871. The molecular formula is C18H21BrN2OS. The Hall–Kier alpha value is -1.46. The molecule has 1 amide bonds. The molecule has 0 aliphatic heterocycles. The number of benzene rings is 2. The van der Waals surface area contributed by atoms with E-state index in [9.17, 15) is 4.79 Å². The van der Waals surface area contributed by atoms with Gasteiger partial charge in [0.05, 0.1) is 0 Å². The summed E-state index contributed by atoms with van der Waals surface area (Å²) < 4.78 is 1.07. The van der Waals surface area contributed by atoms with Crippen molar-refractivity contribution < 1.29 is 4.79 Å². The molecule has 0 unspecified atom stereocenters. The van der Waals surface area contributed by atoms with E-state index in [2.05, 4.69) is 50.4 Å². The van der Waals surface area contributed by atoms with Crippen LogP contribution in [0.15, 0.2) is 57.9 Å². The Morgan fingerprint density at radius 2 is 1.91 bits per heavy atom. The van der Waals surface area contributed by atoms with Crippen LogP contribution in [0.5, 0.6) is 0 Å². The number of amides is 1. The first kappa shape index (κ1) is 17.9. The van der Waals surface area contributed by atoms with Crippen LogP contribution in [-0.2, 0) is 11.3 Å². The molecule has 2 rings (SSSR count). The van der Waals surface area contributed by atoms with Crippen LogP contribution in [-0.4, -0.2) is 25.8 Å². The summed E-state index contributed by atoms with van der Waals surface area (Å²) in [6.07, 6.45) is 0.522. The molecule has 0 saturated carbocycles. The summed E-state index contributed by atoms with van der Waals surface area (Å²) in [5, 5.41) is 2.98. The number of thioether (sulfide) groups is 1. The standard InChI is InChI=1S/C18H21BrN2OS/c1-21(2)16-5-3-4-14(12-16)13-20-18(22)10-11-23-17-8-6-15(19)7-9-17/h3-9,12H,10-11,13H2,1-2H3,(H,20,22). The Balaban J connectivity index is 1.72. The Labute approximate surface area is 150 Å². The van der Waals surface area contributed by atoms with Gasteiger partial charge in [-0.15, -0.1) is 11.8 Å². The second kappa shape index (κ2) is 8.99. The quantitative estimate of drug-likeness (QED) is 0.712. The molecule has 0 spiro atoms. The number of rotatable bonds is 7. The van der Waals surface area contributed by atoms with Gasteiger partial charge >= 0.3 is 0 Å². The largest absolute Gasteiger partial charge is 0.378 e. The van der Waals surface area contributed by atoms with Gasteiger partial charge in [-0.1, -0.05) is 28.1 Å². The number of nitrogens with zero attached hydrogens (tertiary/aromatic N) is 1. The lowest BCUT2D eigenvalue weighted by Gasteiger charge is -2.13. The number of hydrogen-bond donors (Lipinski definition) is 1. The molecule has 0 aliphatic carbocycles. The van der Waals surface area contributed by atoms with Crippen molar-refractivity contribution in [1.82, 2.24) is 5.32 Å². The fourth-order valence-corrected chi connectivity index (χ4v) is 3.14. The number of carbonyl (C=O) groups is 1. The van der Waals surface area contributed by atoms with E-state index in [-0.39, 0.29) is 5.91 Å². The predicted molar refractivity (Wildman–Crippen MR) is 102 cm³/mol. The molecule has 3 nitrogen and oxygen atoms in total. The molecule has 0 fully saturated rings. The van der Waals surface area contributed by atoms with Gasteiger partial charge in [0.1, 0.15) is 0 Å². The molecule has 0 saturated heterocycles. The molecule has 2 aromatic carbocycles. The number of halogens is 1. The van der Waals surface area contributed by atoms with Crippen molar-refractivity contribution in [2.45, 2.75) is 17.9 Å². The summed E-state index contributed by atoms with van der Waals surface area (Å²) >= 11 is 5.11. The Morgan fingerprint density at radius 3 is 2.61 bits per heavy atom. The van der Waals surface area contributed by atoms with Gasteiger partial charge in [-0.2, -0.15) is 0 Å². The molecule has 0 radical (unpaired) electrons. The molecule has 0 aliphatic rings. The zero-order valence-electron chi connectivity index (χ0n) is 13.4. The van der Waals surface area contributed by atoms with Gasteiger partial charge in [0.2, 0.25) is 5.91 Å². The maximum Gasteiger partial charge on any atom is 0.221 e. The highest BCUT2D eigenvalue weighted by molar-refractivity contribution is 9.10. The van der Waals surface area contributed by atoms with Gasteiger partial charge in [-0.05, 0) is 42.0 Å². The van der Waals surface area contributed by atoms with Gasteiger partial charge < -0.3 is 10.2 Å². The molecule has 2 aromatic rings. The number of carbonyl (C=O) groups excluding carboxylic acids is 1. The minimum absolute atomic E-state index is 0.0878. The normalized spacial score (nSPS) is 10.4. The van der Waals surface area contributed by atoms with Crippen molar-refractivity contribution in [1.29, 1.82) is 0 Å². The Bertz CT molecular complexity index is 644. The fourth-order valence-electron chi connectivity index (χ4n) is 2.03. The number of hydrogen-bond acceptors (Lipinski definition) is 3. The summed E-state index contributed by atoms with van der Waals surface area (Å²) in [5.41, 5.74) is 2.26. The zero-order valence-corrected chi connectivity index (χ0v) is 15.8. The molecule has 23 heavy (non-hydrogen) atoms. The Kier molecular flexibility index (Phi) is 6.99. The molecule has 1 N–H and O–H groups in total. The van der Waals surface area contributed by atoms with Gasteiger partial charge in [-0.25, -0.2) is 0 Å². The SMILES string of the molecule is CN(C)c1cccc(CNC(=O)CCSc2ccc(Br)cc2)c1. The average molecular weight is 393 g/mol. The molecule has 0 atom stereocenters. The molecule has 0 heterocycles. The Morgan fingerprint density at radius 1 is 1.17 bits per heavy atom. The summed E-state index contributed by atoms with van der Waals surface area (Å²) in [6, 6.07) is 16.3. The third kappa shape index (κ3) is 6.28. The molecule has 5 heteroatoms. The maximum atomic E-state index is 11.9. The van der Waals surface area contributed by atoms with E-state index in [4.69, 9.17) is 0 Å². The average Bonchev–Trinajstić information content (AvgIpc) is 2.55. The van der Waals surface area contributed by atoms with E-state index in [0.717, 1.165) is 21.5 Å². The summed E-state index contributed by atoms with van der Waals surface area (Å²) in [6.45, 7) is 0.573. The van der Waals surface area contributed by atoms with Crippen LogP contribution in [0.2, 0.25) is 0 Å². The van der Waals surface area contributed by atoms with Gasteiger partial charge in [0, 0.05) is 47.9 Å². The van der Waals surface area contributed by atoms with E-state index >= 15 is 0 Å². The topological polar surface area (TPSA) is 32.3 Å². The first-order valence-corrected chi connectivity index (χ1v) is 9.24. The smallest absolute Gasteiger partial charge is 0.221 e. The van der Waals surface area contributed by atoms with E-state index < -0.39 is 0 Å². The molecule has 0 aromatic heterocycles. The summed E-state index contributed by atoms with van der Waals surface area (Å²) in [4.78, 5) is 15.2. The second-order valence-electron chi connectivity index (χ2n) is 5.39. The van der Waals surface area contributed by atoms with E-state index in [1.54, 1.807) is 11.8 Å². The lowest BCUT2D eigenvalue weighted by atomic mass is 10.2. The minimum atomic E-state index is 0.0878. The van der Waals surface area contributed by atoms with Crippen molar-refractivity contribution in [3.63, 3.8) is 0 Å². The van der Waals surface area contributed by atoms with Crippen molar-refractivity contribution in [3.05, 3.63) is 58.6 Å². The first-order chi connectivity index (χ1) is 11.0. The lowest BCUT2D eigenvalue weighted by Crippen LogP contribution is -2.23. The van der Waals surface area contributed by atoms with Crippen molar-refractivity contribution in [2.24, 2.45) is 0 Å². The summed E-state index contributed by atoms with van der Waals surface area (Å²) in [7, 11) is 4.02. The van der Waals surface area contributed by atoms with Gasteiger partial charge in [0.25, 0.3) is 0 Å². The van der Waals surface area contributed by atoms with Crippen molar-refractivity contribution in [3.8, 4) is 0 Å². The van der Waals surface area contributed by atoms with E-state index in [0.29, 0.717) is 13.0 Å². The molecular weight excluding hydrogens is 372 g/mol. The fraction of sp³-hybridized carbons (Fsp3) is 0.278. The van der Waals surface area contributed by atoms with Crippen LogP contribution in [0.4, 0.5) is 5.69 Å².